The number of esters is 1. The Kier molecular flexibility index (Phi) is 6.98. The molecule has 0 aliphatic heterocycles. The highest BCUT2D eigenvalue weighted by Crippen LogP contribution is 2.15. The summed E-state index contributed by atoms with van der Waals surface area (Å²) < 4.78 is 9.84. The van der Waals surface area contributed by atoms with Crippen LogP contribution in [0.2, 0.25) is 0 Å². The Morgan fingerprint density at radius 3 is 2.60 bits per heavy atom. The summed E-state index contributed by atoms with van der Waals surface area (Å²) in [5, 5.41) is 2.84. The van der Waals surface area contributed by atoms with Gasteiger partial charge in [0.15, 0.2) is 6.61 Å². The van der Waals surface area contributed by atoms with Crippen molar-refractivity contribution < 1.29 is 19.1 Å². The van der Waals surface area contributed by atoms with E-state index in [2.05, 4.69) is 10.1 Å². The summed E-state index contributed by atoms with van der Waals surface area (Å²) in [6.07, 6.45) is 0.211. The summed E-state index contributed by atoms with van der Waals surface area (Å²) in [7, 11) is 1.30. The summed E-state index contributed by atoms with van der Waals surface area (Å²) in [5.74, 6) is -0.0380. The predicted octanol–water partition coefficient (Wildman–Crippen LogP) is 1.94. The number of nitrogens with two attached hydrogens (primary N) is 1. The maximum Gasteiger partial charge on any atom is 0.343 e. The third-order valence-electron chi connectivity index (χ3n) is 3.61. The van der Waals surface area contributed by atoms with Gasteiger partial charge in [0.25, 0.3) is 0 Å². The molecule has 0 heterocycles. The van der Waals surface area contributed by atoms with Crippen LogP contribution < -0.4 is 15.8 Å². The van der Waals surface area contributed by atoms with Gasteiger partial charge in [-0.2, -0.15) is 0 Å². The van der Waals surface area contributed by atoms with Gasteiger partial charge in [0.05, 0.1) is 7.11 Å². The molecule has 0 fully saturated rings. The van der Waals surface area contributed by atoms with Gasteiger partial charge < -0.3 is 20.5 Å². The molecule has 1 amide bonds. The van der Waals surface area contributed by atoms with Crippen molar-refractivity contribution in [3.63, 3.8) is 0 Å². The second-order valence-electron chi connectivity index (χ2n) is 5.51. The lowest BCUT2D eigenvalue weighted by Crippen LogP contribution is -2.27. The van der Waals surface area contributed by atoms with E-state index in [1.165, 1.54) is 7.11 Å². The molecule has 2 rings (SSSR count). The molecule has 0 saturated heterocycles. The molecule has 2 aromatic rings. The fourth-order valence-corrected chi connectivity index (χ4v) is 2.24. The van der Waals surface area contributed by atoms with Crippen molar-refractivity contribution in [2.24, 2.45) is 5.73 Å². The molecule has 1 atom stereocenters. The average Bonchev–Trinajstić information content (AvgIpc) is 2.65. The first kappa shape index (κ1) is 18.5. The minimum Gasteiger partial charge on any atom is -0.482 e. The molecular formula is C19H22N2O4. The van der Waals surface area contributed by atoms with Crippen LogP contribution in [-0.2, 0) is 20.9 Å². The molecule has 0 aliphatic carbocycles. The Bertz CT molecular complexity index is 704. The number of hydrogen-bond donors (Lipinski definition) is 2. The summed E-state index contributed by atoms with van der Waals surface area (Å²) >= 11 is 0. The average molecular weight is 342 g/mol. The van der Waals surface area contributed by atoms with Gasteiger partial charge in [-0.25, -0.2) is 4.79 Å². The van der Waals surface area contributed by atoms with E-state index < -0.39 is 5.97 Å². The topological polar surface area (TPSA) is 90.6 Å². The van der Waals surface area contributed by atoms with E-state index in [9.17, 15) is 9.59 Å². The molecule has 25 heavy (non-hydrogen) atoms. The maximum atomic E-state index is 12.1. The smallest absolute Gasteiger partial charge is 0.343 e. The lowest BCUT2D eigenvalue weighted by atomic mass is 10.0. The summed E-state index contributed by atoms with van der Waals surface area (Å²) in [5.41, 5.74) is 7.84. The lowest BCUT2D eigenvalue weighted by Gasteiger charge is -2.12. The first-order chi connectivity index (χ1) is 12.1. The number of carbonyl (C=O) groups excluding carboxylic acids is 2. The Balaban J connectivity index is 1.82. The molecule has 3 N–H and O–H groups in total. The van der Waals surface area contributed by atoms with Crippen LogP contribution >= 0.6 is 0 Å². The minimum atomic E-state index is -0.450. The number of carbonyl (C=O) groups is 2. The molecule has 2 aromatic carbocycles. The number of hydrogen-bond acceptors (Lipinski definition) is 5. The van der Waals surface area contributed by atoms with Gasteiger partial charge in [-0.1, -0.05) is 42.5 Å². The maximum absolute atomic E-state index is 12.1. The molecular weight excluding hydrogens is 320 g/mol. The number of methoxy groups -OCH3 is 1. The van der Waals surface area contributed by atoms with E-state index in [-0.39, 0.29) is 25.0 Å². The van der Waals surface area contributed by atoms with E-state index in [0.717, 1.165) is 11.1 Å². The fraction of sp³-hybridized carbons (Fsp3) is 0.263. The SMILES string of the molecule is COC(=O)COc1cccc(CNC(=O)CC(N)c2ccccc2)c1. The zero-order valence-electron chi connectivity index (χ0n) is 14.1. The zero-order chi connectivity index (χ0) is 18.1. The predicted molar refractivity (Wildman–Crippen MR) is 93.8 cm³/mol. The Hall–Kier alpha value is -2.86. The van der Waals surface area contributed by atoms with Gasteiger partial charge in [-0.05, 0) is 23.3 Å². The standard InChI is InChI=1S/C19H22N2O4/c1-24-19(23)13-25-16-9-5-6-14(10-16)12-21-18(22)11-17(20)15-7-3-2-4-8-15/h2-10,17H,11-13,20H2,1H3,(H,21,22). The molecule has 0 saturated carbocycles. The van der Waals surface area contributed by atoms with Crippen LogP contribution in [0.15, 0.2) is 54.6 Å². The van der Waals surface area contributed by atoms with Crippen LogP contribution in [0.3, 0.4) is 0 Å². The zero-order valence-corrected chi connectivity index (χ0v) is 14.1. The van der Waals surface area contributed by atoms with Crippen LogP contribution in [-0.4, -0.2) is 25.6 Å². The number of ether oxygens (including phenoxy) is 2. The van der Waals surface area contributed by atoms with Gasteiger partial charge in [-0.15, -0.1) is 0 Å². The van der Waals surface area contributed by atoms with E-state index >= 15 is 0 Å². The van der Waals surface area contributed by atoms with Crippen molar-refractivity contribution in [3.05, 3.63) is 65.7 Å². The normalized spacial score (nSPS) is 11.4. The van der Waals surface area contributed by atoms with E-state index in [4.69, 9.17) is 10.5 Å². The number of benzene rings is 2. The van der Waals surface area contributed by atoms with Gasteiger partial charge >= 0.3 is 5.97 Å². The lowest BCUT2D eigenvalue weighted by molar-refractivity contribution is -0.142. The van der Waals surface area contributed by atoms with Crippen LogP contribution in [0.4, 0.5) is 0 Å². The Morgan fingerprint density at radius 2 is 1.88 bits per heavy atom. The van der Waals surface area contributed by atoms with Gasteiger partial charge in [0, 0.05) is 19.0 Å². The van der Waals surface area contributed by atoms with Crippen molar-refractivity contribution in [1.29, 1.82) is 0 Å². The summed E-state index contributed by atoms with van der Waals surface area (Å²) in [6.45, 7) is 0.202. The molecule has 132 valence electrons. The van der Waals surface area contributed by atoms with Crippen molar-refractivity contribution in [3.8, 4) is 5.75 Å². The molecule has 0 spiro atoms. The first-order valence-electron chi connectivity index (χ1n) is 7.94. The molecule has 1 unspecified atom stereocenters. The molecule has 0 aromatic heterocycles. The van der Waals surface area contributed by atoms with E-state index in [0.29, 0.717) is 12.3 Å². The van der Waals surface area contributed by atoms with Crippen LogP contribution in [0, 0.1) is 0 Å². The summed E-state index contributed by atoms with van der Waals surface area (Å²) in [4.78, 5) is 23.1. The number of rotatable bonds is 8. The van der Waals surface area contributed by atoms with Gasteiger partial charge in [-0.3, -0.25) is 4.79 Å². The highest BCUT2D eigenvalue weighted by atomic mass is 16.6. The monoisotopic (exact) mass is 342 g/mol. The number of amides is 1. The molecule has 0 radical (unpaired) electrons. The van der Waals surface area contributed by atoms with Crippen molar-refractivity contribution in [2.75, 3.05) is 13.7 Å². The molecule has 0 aliphatic rings. The fourth-order valence-electron chi connectivity index (χ4n) is 2.24. The van der Waals surface area contributed by atoms with E-state index in [1.807, 2.05) is 36.4 Å². The Morgan fingerprint density at radius 1 is 1.12 bits per heavy atom. The Labute approximate surface area is 146 Å². The van der Waals surface area contributed by atoms with Crippen LogP contribution in [0.1, 0.15) is 23.6 Å². The second-order valence-corrected chi connectivity index (χ2v) is 5.51. The highest BCUT2D eigenvalue weighted by molar-refractivity contribution is 5.76. The van der Waals surface area contributed by atoms with Crippen LogP contribution in [0.5, 0.6) is 5.75 Å². The number of nitrogens with one attached hydrogen (secondary N) is 1. The second kappa shape index (κ2) is 9.44. The van der Waals surface area contributed by atoms with Crippen molar-refractivity contribution in [1.82, 2.24) is 5.32 Å². The molecule has 6 heteroatoms. The minimum absolute atomic E-state index is 0.128. The van der Waals surface area contributed by atoms with E-state index in [1.54, 1.807) is 18.2 Å². The highest BCUT2D eigenvalue weighted by Gasteiger charge is 2.11. The molecule has 6 nitrogen and oxygen atoms in total. The van der Waals surface area contributed by atoms with Crippen molar-refractivity contribution >= 4 is 11.9 Å². The van der Waals surface area contributed by atoms with Gasteiger partial charge in [0.1, 0.15) is 5.75 Å². The van der Waals surface area contributed by atoms with Crippen LogP contribution in [0.25, 0.3) is 0 Å². The largest absolute Gasteiger partial charge is 0.482 e. The molecule has 0 bridgehead atoms. The first-order valence-corrected chi connectivity index (χ1v) is 7.94. The third-order valence-corrected chi connectivity index (χ3v) is 3.61. The quantitative estimate of drug-likeness (QED) is 0.716. The summed E-state index contributed by atoms with van der Waals surface area (Å²) in [6, 6.07) is 16.3. The van der Waals surface area contributed by atoms with Crippen molar-refractivity contribution in [2.45, 2.75) is 19.0 Å². The third kappa shape index (κ3) is 6.27. The van der Waals surface area contributed by atoms with Gasteiger partial charge in [0.2, 0.25) is 5.91 Å².